The zero-order valence-electron chi connectivity index (χ0n) is 7.25. The predicted molar refractivity (Wildman–Crippen MR) is 51.1 cm³/mol. The maximum absolute atomic E-state index is 10.7. The normalized spacial score (nSPS) is 11.8. The number of rotatable bonds is 4. The summed E-state index contributed by atoms with van der Waals surface area (Å²) in [6.07, 6.45) is 1.83. The lowest BCUT2D eigenvalue weighted by atomic mass is 10.2. The Hall–Kier alpha value is -0.550. The van der Waals surface area contributed by atoms with Crippen LogP contribution in [0.3, 0.4) is 0 Å². The van der Waals surface area contributed by atoms with Crippen molar-refractivity contribution < 1.29 is 8.42 Å². The monoisotopic (exact) mass is 222 g/mol. The van der Waals surface area contributed by atoms with Crippen molar-refractivity contribution in [3.8, 4) is 0 Å². The van der Waals surface area contributed by atoms with Gasteiger partial charge in [-0.2, -0.15) is 5.10 Å². The van der Waals surface area contributed by atoms with Gasteiger partial charge in [0, 0.05) is 10.7 Å². The first-order valence-electron chi connectivity index (χ1n) is 3.97. The van der Waals surface area contributed by atoms with Gasteiger partial charge in [-0.15, -0.1) is 0 Å². The second kappa shape index (κ2) is 4.11. The molecule has 0 aromatic carbocycles. The van der Waals surface area contributed by atoms with Gasteiger partial charge < -0.3 is 0 Å². The molecular formula is C7H11ClN2O2S. The van der Waals surface area contributed by atoms with Crippen molar-refractivity contribution in [3.05, 3.63) is 17.5 Å². The molecule has 13 heavy (non-hydrogen) atoms. The number of aromatic amines is 1. The van der Waals surface area contributed by atoms with E-state index in [9.17, 15) is 8.42 Å². The summed E-state index contributed by atoms with van der Waals surface area (Å²) in [6.45, 7) is 2.03. The Balaban J connectivity index is 2.69. The smallest absolute Gasteiger partial charge is 0.238 e. The maximum atomic E-state index is 10.7. The predicted octanol–water partition coefficient (Wildman–Crippen LogP) is 1.43. The molecule has 1 N–H and O–H groups in total. The summed E-state index contributed by atoms with van der Waals surface area (Å²) in [4.78, 5) is 0. The molecule has 0 aliphatic heterocycles. The average Bonchev–Trinajstić information content (AvgIpc) is 2.33. The van der Waals surface area contributed by atoms with Gasteiger partial charge in [-0.25, -0.2) is 8.42 Å². The van der Waals surface area contributed by atoms with E-state index in [1.807, 2.05) is 6.92 Å². The molecule has 1 aromatic rings. The molecule has 0 amide bonds. The highest BCUT2D eigenvalue weighted by atomic mass is 35.7. The van der Waals surface area contributed by atoms with Crippen LogP contribution in [0, 0.1) is 0 Å². The lowest BCUT2D eigenvalue weighted by molar-refractivity contribution is 0.608. The van der Waals surface area contributed by atoms with Crippen LogP contribution < -0.4 is 0 Å². The molecule has 1 aromatic heterocycles. The third-order valence-corrected chi connectivity index (χ3v) is 2.50. The molecule has 4 nitrogen and oxygen atoms in total. The minimum atomic E-state index is -3.48. The van der Waals surface area contributed by atoms with Gasteiger partial charge in [0.1, 0.15) is 5.75 Å². The highest BCUT2D eigenvalue weighted by molar-refractivity contribution is 8.13. The van der Waals surface area contributed by atoms with Gasteiger partial charge in [0.25, 0.3) is 0 Å². The van der Waals surface area contributed by atoms with E-state index < -0.39 is 9.05 Å². The third-order valence-electron chi connectivity index (χ3n) is 1.52. The van der Waals surface area contributed by atoms with Crippen molar-refractivity contribution in [1.29, 1.82) is 0 Å². The molecule has 1 rings (SSSR count). The molecule has 0 atom stereocenters. The summed E-state index contributed by atoms with van der Waals surface area (Å²) in [5.41, 5.74) is 1.41. The standard InChI is InChI=1S/C7H11ClN2O2S/c1-2-3-6-4-7(10-9-6)5-13(8,11)12/h4H,2-3,5H2,1H3,(H,9,10). The molecule has 0 unspecified atom stereocenters. The topological polar surface area (TPSA) is 62.8 Å². The number of aryl methyl sites for hydroxylation is 1. The van der Waals surface area contributed by atoms with Crippen LogP contribution in [0.5, 0.6) is 0 Å². The zero-order chi connectivity index (χ0) is 9.90. The summed E-state index contributed by atoms with van der Waals surface area (Å²) in [6, 6.07) is 1.73. The fourth-order valence-corrected chi connectivity index (χ4v) is 1.93. The fourth-order valence-electron chi connectivity index (χ4n) is 1.05. The number of H-pyrrole nitrogens is 1. The molecule has 6 heteroatoms. The molecule has 0 bridgehead atoms. The van der Waals surface area contributed by atoms with Crippen LogP contribution in [-0.4, -0.2) is 18.6 Å². The van der Waals surface area contributed by atoms with Crippen LogP contribution in [0.15, 0.2) is 6.07 Å². The van der Waals surface area contributed by atoms with E-state index in [-0.39, 0.29) is 5.75 Å². The van der Waals surface area contributed by atoms with Gasteiger partial charge in [0.2, 0.25) is 9.05 Å². The molecule has 0 spiro atoms. The first-order valence-corrected chi connectivity index (χ1v) is 6.44. The van der Waals surface area contributed by atoms with E-state index >= 15 is 0 Å². The minimum absolute atomic E-state index is 0.189. The number of aromatic nitrogens is 2. The van der Waals surface area contributed by atoms with E-state index in [4.69, 9.17) is 10.7 Å². The zero-order valence-corrected chi connectivity index (χ0v) is 8.82. The Bertz CT molecular complexity index is 372. The van der Waals surface area contributed by atoms with Gasteiger partial charge in [-0.3, -0.25) is 5.10 Å². The molecular weight excluding hydrogens is 212 g/mol. The van der Waals surface area contributed by atoms with E-state index in [1.165, 1.54) is 0 Å². The van der Waals surface area contributed by atoms with Crippen LogP contribution in [-0.2, 0) is 21.2 Å². The Morgan fingerprint density at radius 1 is 1.62 bits per heavy atom. The van der Waals surface area contributed by atoms with Crippen LogP contribution in [0.25, 0.3) is 0 Å². The van der Waals surface area contributed by atoms with E-state index in [1.54, 1.807) is 6.07 Å². The summed E-state index contributed by atoms with van der Waals surface area (Å²) in [5.74, 6) is -0.189. The highest BCUT2D eigenvalue weighted by Crippen LogP contribution is 2.09. The highest BCUT2D eigenvalue weighted by Gasteiger charge is 2.09. The lowest BCUT2D eigenvalue weighted by Crippen LogP contribution is -1.94. The van der Waals surface area contributed by atoms with Crippen LogP contribution in [0.1, 0.15) is 24.7 Å². The largest absolute Gasteiger partial charge is 0.281 e. The Kier molecular flexibility index (Phi) is 3.33. The molecule has 0 radical (unpaired) electrons. The van der Waals surface area contributed by atoms with Gasteiger partial charge in [-0.1, -0.05) is 13.3 Å². The van der Waals surface area contributed by atoms with Crippen LogP contribution in [0.4, 0.5) is 0 Å². The summed E-state index contributed by atoms with van der Waals surface area (Å²) in [5, 5.41) is 6.58. The Labute approximate surface area is 81.7 Å². The lowest BCUT2D eigenvalue weighted by Gasteiger charge is -1.89. The van der Waals surface area contributed by atoms with Gasteiger partial charge >= 0.3 is 0 Å². The summed E-state index contributed by atoms with van der Waals surface area (Å²) >= 11 is 0. The van der Waals surface area contributed by atoms with Crippen molar-refractivity contribution in [2.75, 3.05) is 0 Å². The molecule has 0 saturated heterocycles. The second-order valence-corrected chi connectivity index (χ2v) is 5.59. The van der Waals surface area contributed by atoms with Gasteiger partial charge in [0.05, 0.1) is 11.4 Å². The van der Waals surface area contributed by atoms with E-state index in [2.05, 4.69) is 10.2 Å². The van der Waals surface area contributed by atoms with Crippen molar-refractivity contribution in [2.45, 2.75) is 25.5 Å². The van der Waals surface area contributed by atoms with Crippen molar-refractivity contribution in [2.24, 2.45) is 0 Å². The first kappa shape index (κ1) is 10.5. The van der Waals surface area contributed by atoms with Crippen molar-refractivity contribution >= 4 is 19.7 Å². The van der Waals surface area contributed by atoms with Crippen molar-refractivity contribution in [1.82, 2.24) is 10.2 Å². The Morgan fingerprint density at radius 3 is 2.85 bits per heavy atom. The molecule has 0 fully saturated rings. The summed E-state index contributed by atoms with van der Waals surface area (Å²) in [7, 11) is 1.60. The fraction of sp³-hybridized carbons (Fsp3) is 0.571. The van der Waals surface area contributed by atoms with Crippen molar-refractivity contribution in [3.63, 3.8) is 0 Å². The molecule has 0 aliphatic carbocycles. The van der Waals surface area contributed by atoms with E-state index in [0.717, 1.165) is 18.5 Å². The number of nitrogens with zero attached hydrogens (tertiary/aromatic N) is 1. The number of nitrogens with one attached hydrogen (secondary N) is 1. The quantitative estimate of drug-likeness (QED) is 0.784. The van der Waals surface area contributed by atoms with Crippen LogP contribution >= 0.6 is 10.7 Å². The molecule has 74 valence electrons. The van der Waals surface area contributed by atoms with Crippen LogP contribution in [0.2, 0.25) is 0 Å². The third kappa shape index (κ3) is 3.78. The Morgan fingerprint density at radius 2 is 2.31 bits per heavy atom. The SMILES string of the molecule is CCCc1cc(CS(=O)(=O)Cl)[nH]n1. The number of hydrogen-bond donors (Lipinski definition) is 1. The van der Waals surface area contributed by atoms with Gasteiger partial charge in [0.15, 0.2) is 0 Å². The number of halogens is 1. The molecule has 0 aliphatic rings. The molecule has 0 saturated carbocycles. The minimum Gasteiger partial charge on any atom is -0.281 e. The average molecular weight is 223 g/mol. The summed E-state index contributed by atoms with van der Waals surface area (Å²) < 4.78 is 21.4. The number of hydrogen-bond acceptors (Lipinski definition) is 3. The first-order chi connectivity index (χ1) is 6.01. The van der Waals surface area contributed by atoms with Gasteiger partial charge in [-0.05, 0) is 12.5 Å². The van der Waals surface area contributed by atoms with E-state index in [0.29, 0.717) is 5.69 Å². The molecule has 1 heterocycles. The second-order valence-electron chi connectivity index (χ2n) is 2.82. The maximum Gasteiger partial charge on any atom is 0.238 e.